The Morgan fingerprint density at radius 3 is 1.70 bits per heavy atom. The molecule has 8 rings (SSSR count). The summed E-state index contributed by atoms with van der Waals surface area (Å²) >= 11 is 20.9. The summed E-state index contributed by atoms with van der Waals surface area (Å²) in [5.41, 5.74) is 3.40. The van der Waals surface area contributed by atoms with Crippen LogP contribution in [0.4, 0.5) is 5.69 Å². The Morgan fingerprint density at radius 1 is 0.721 bits per heavy atom. The smallest absolute Gasteiger partial charge is 0.338 e. The molecule has 9 heteroatoms. The number of hydrogen-bond acceptors (Lipinski definition) is 5. The van der Waals surface area contributed by atoms with Crippen LogP contribution >= 0.6 is 34.8 Å². The number of alkyl halides is 2. The third-order valence-electron chi connectivity index (χ3n) is 8.71. The van der Waals surface area contributed by atoms with Crippen molar-refractivity contribution >= 4 is 64.1 Å². The van der Waals surface area contributed by atoms with Gasteiger partial charge in [-0.1, -0.05) is 66.2 Å². The maximum Gasteiger partial charge on any atom is 0.338 e. The Labute approximate surface area is 262 Å². The van der Waals surface area contributed by atoms with Gasteiger partial charge in [-0.3, -0.25) is 14.4 Å². The molecule has 214 valence electrons. The number of carbonyl (C=O) groups excluding carboxylic acids is 4. The van der Waals surface area contributed by atoms with E-state index in [1.807, 2.05) is 48.5 Å². The predicted octanol–water partition coefficient (Wildman–Crippen LogP) is 6.87. The van der Waals surface area contributed by atoms with Crippen LogP contribution in [0.25, 0.3) is 0 Å². The molecule has 1 fully saturated rings. The van der Waals surface area contributed by atoms with Crippen LogP contribution < -0.4 is 4.90 Å². The molecule has 0 aromatic heterocycles. The number of ketones is 1. The molecule has 4 aromatic rings. The minimum absolute atomic E-state index is 0.0689. The number of ether oxygens (including phenoxy) is 1. The van der Waals surface area contributed by atoms with Crippen molar-refractivity contribution in [2.75, 3.05) is 4.90 Å². The highest BCUT2D eigenvalue weighted by molar-refractivity contribution is 6.38. The molecule has 4 aromatic carbocycles. The number of carbonyl (C=O) groups is 4. The topological polar surface area (TPSA) is 80.8 Å². The largest absolute Gasteiger partial charge is 0.451 e. The van der Waals surface area contributed by atoms with E-state index in [0.29, 0.717) is 32.8 Å². The molecule has 1 aliphatic heterocycles. The van der Waals surface area contributed by atoms with Gasteiger partial charge in [-0.25, -0.2) is 9.69 Å². The van der Waals surface area contributed by atoms with Crippen LogP contribution in [0.2, 0.25) is 5.02 Å². The van der Waals surface area contributed by atoms with Gasteiger partial charge in [0.2, 0.25) is 17.6 Å². The van der Waals surface area contributed by atoms with Crippen LogP contribution in [0, 0.1) is 11.8 Å². The van der Waals surface area contributed by atoms with E-state index in [4.69, 9.17) is 39.5 Å². The Hall–Kier alpha value is -3.97. The zero-order valence-corrected chi connectivity index (χ0v) is 24.9. The number of imide groups is 1. The van der Waals surface area contributed by atoms with Crippen LogP contribution in [0.15, 0.2) is 97.1 Å². The average Bonchev–Trinajstić information content (AvgIpc) is 3.30. The van der Waals surface area contributed by atoms with E-state index in [2.05, 4.69) is 0 Å². The van der Waals surface area contributed by atoms with E-state index in [0.717, 1.165) is 4.90 Å². The highest BCUT2D eigenvalue weighted by Crippen LogP contribution is 2.69. The number of amides is 2. The van der Waals surface area contributed by atoms with E-state index in [1.54, 1.807) is 36.4 Å². The van der Waals surface area contributed by atoms with Gasteiger partial charge >= 0.3 is 5.97 Å². The van der Waals surface area contributed by atoms with Crippen LogP contribution in [0.1, 0.15) is 49.9 Å². The summed E-state index contributed by atoms with van der Waals surface area (Å²) in [7, 11) is 0. The number of nitrogens with zero attached hydrogens (tertiary/aromatic N) is 1. The maximum absolute atomic E-state index is 14.2. The second kappa shape index (κ2) is 9.78. The van der Waals surface area contributed by atoms with Gasteiger partial charge in [0.05, 0.1) is 23.1 Å². The fourth-order valence-electron chi connectivity index (χ4n) is 6.82. The average molecular weight is 631 g/mol. The van der Waals surface area contributed by atoms with E-state index in [9.17, 15) is 19.2 Å². The number of anilines is 1. The molecule has 6 nitrogen and oxygen atoms in total. The lowest BCUT2D eigenvalue weighted by Crippen LogP contribution is -2.57. The van der Waals surface area contributed by atoms with Crippen molar-refractivity contribution in [2.45, 2.75) is 22.8 Å². The summed E-state index contributed by atoms with van der Waals surface area (Å²) < 4.78 is 5.46. The van der Waals surface area contributed by atoms with Gasteiger partial charge in [-0.2, -0.15) is 0 Å². The summed E-state index contributed by atoms with van der Waals surface area (Å²) in [5.74, 6) is -4.14. The Balaban J connectivity index is 1.23. The van der Waals surface area contributed by atoms with Gasteiger partial charge in [0.25, 0.3) is 0 Å². The van der Waals surface area contributed by atoms with Gasteiger partial charge in [0, 0.05) is 10.6 Å². The molecular formula is C34H22Cl3NO5. The van der Waals surface area contributed by atoms with Gasteiger partial charge in [-0.15, -0.1) is 23.2 Å². The molecule has 0 spiro atoms. The van der Waals surface area contributed by atoms with E-state index < -0.39 is 51.3 Å². The SMILES string of the molecule is C[C@H](OC(=O)c1cccc(N2C(=O)[C@@H]3[C@H](C2=O)C2(Cl)c4ccccc4C3(Cl)c3ccccc32)c1)C(=O)c1ccc(Cl)cc1. The monoisotopic (exact) mass is 629 g/mol. The predicted molar refractivity (Wildman–Crippen MR) is 163 cm³/mol. The lowest BCUT2D eigenvalue weighted by atomic mass is 9.54. The molecule has 4 aliphatic rings. The third kappa shape index (κ3) is 3.80. The van der Waals surface area contributed by atoms with Crippen LogP contribution in [0.3, 0.4) is 0 Å². The number of hydrogen-bond donors (Lipinski definition) is 0. The highest BCUT2D eigenvalue weighted by atomic mass is 35.5. The van der Waals surface area contributed by atoms with Crippen molar-refractivity contribution in [1.82, 2.24) is 0 Å². The first-order chi connectivity index (χ1) is 20.6. The molecule has 1 saturated heterocycles. The van der Waals surface area contributed by atoms with Gasteiger partial charge in [-0.05, 0) is 71.6 Å². The first-order valence-electron chi connectivity index (χ1n) is 13.6. The van der Waals surface area contributed by atoms with Crippen molar-refractivity contribution in [2.24, 2.45) is 11.8 Å². The molecule has 0 unspecified atom stereocenters. The number of halogens is 3. The quantitative estimate of drug-likeness (QED) is 0.104. The second-order valence-electron chi connectivity index (χ2n) is 11.0. The molecule has 2 bridgehead atoms. The fourth-order valence-corrected chi connectivity index (χ4v) is 8.05. The van der Waals surface area contributed by atoms with Crippen molar-refractivity contribution < 1.29 is 23.9 Å². The normalized spacial score (nSPS) is 25.5. The van der Waals surface area contributed by atoms with Crippen molar-refractivity contribution in [1.29, 1.82) is 0 Å². The first-order valence-corrected chi connectivity index (χ1v) is 14.8. The summed E-state index contributed by atoms with van der Waals surface area (Å²) in [5, 5.41) is 0.477. The van der Waals surface area contributed by atoms with Crippen LogP contribution in [-0.2, 0) is 24.1 Å². The minimum atomic E-state index is -1.32. The number of esters is 1. The molecular weight excluding hydrogens is 609 g/mol. The molecule has 3 atom stereocenters. The van der Waals surface area contributed by atoms with Crippen LogP contribution in [-0.4, -0.2) is 29.7 Å². The molecule has 0 saturated carbocycles. The minimum Gasteiger partial charge on any atom is -0.451 e. The maximum atomic E-state index is 14.2. The summed E-state index contributed by atoms with van der Waals surface area (Å²) in [4.78, 5) is 52.8. The van der Waals surface area contributed by atoms with Gasteiger partial charge in [0.15, 0.2) is 6.10 Å². The Kier molecular flexibility index (Phi) is 6.33. The van der Waals surface area contributed by atoms with Crippen LogP contribution in [0.5, 0.6) is 0 Å². The van der Waals surface area contributed by atoms with E-state index in [-0.39, 0.29) is 11.3 Å². The number of rotatable bonds is 5. The molecule has 2 amide bonds. The van der Waals surface area contributed by atoms with Crippen molar-refractivity contribution in [3.8, 4) is 0 Å². The van der Waals surface area contributed by atoms with Gasteiger partial charge in [0.1, 0.15) is 9.75 Å². The van der Waals surface area contributed by atoms with Crippen molar-refractivity contribution in [3.05, 3.63) is 135 Å². The molecule has 1 heterocycles. The summed E-state index contributed by atoms with van der Waals surface area (Å²) in [6, 6.07) is 27.1. The lowest BCUT2D eigenvalue weighted by Gasteiger charge is -2.54. The van der Waals surface area contributed by atoms with E-state index >= 15 is 0 Å². The zero-order valence-electron chi connectivity index (χ0n) is 22.6. The molecule has 43 heavy (non-hydrogen) atoms. The lowest BCUT2D eigenvalue weighted by molar-refractivity contribution is -0.122. The Bertz CT molecular complexity index is 1750. The molecule has 0 radical (unpaired) electrons. The Morgan fingerprint density at radius 2 is 1.21 bits per heavy atom. The summed E-state index contributed by atoms with van der Waals surface area (Å²) in [6.45, 7) is 1.47. The summed E-state index contributed by atoms with van der Waals surface area (Å²) in [6.07, 6.45) is -1.09. The zero-order chi connectivity index (χ0) is 30.3. The first kappa shape index (κ1) is 27.8. The highest BCUT2D eigenvalue weighted by Gasteiger charge is 2.73. The second-order valence-corrected chi connectivity index (χ2v) is 12.6. The van der Waals surface area contributed by atoms with E-state index in [1.165, 1.54) is 19.1 Å². The fraction of sp³-hybridized carbons (Fsp3) is 0.176. The van der Waals surface area contributed by atoms with Gasteiger partial charge < -0.3 is 4.74 Å². The molecule has 0 N–H and O–H groups in total. The number of Topliss-reactive ketones (excluding diaryl/α,β-unsaturated/α-hetero) is 1. The third-order valence-corrected chi connectivity index (χ3v) is 10.2. The molecule has 3 aliphatic carbocycles. The number of benzene rings is 4. The van der Waals surface area contributed by atoms with Crippen molar-refractivity contribution in [3.63, 3.8) is 0 Å². The standard InChI is InChI=1S/C34H22Cl3NO5/c1-18(29(39)19-13-15-21(35)16-14-19)43-32(42)20-7-6-8-22(17-20)38-30(40)27-28(31(38)41)34(37)24-10-3-2-9-23(24)33(27,36)25-11-4-5-12-26(25)34/h2-18,27-28H,1H3/t18-,27-,28+,33?,34?/m0/s1.